The van der Waals surface area contributed by atoms with Crippen LogP contribution < -0.4 is 5.32 Å². The smallest absolute Gasteiger partial charge is 0.274 e. The molecule has 3 aromatic rings. The van der Waals surface area contributed by atoms with E-state index in [4.69, 9.17) is 0 Å². The first-order valence-electron chi connectivity index (χ1n) is 9.87. The number of nitrogens with one attached hydrogen (secondary N) is 1. The van der Waals surface area contributed by atoms with Gasteiger partial charge in [0.1, 0.15) is 5.69 Å². The number of nitrogens with zero attached hydrogens (tertiary/aromatic N) is 4. The van der Waals surface area contributed by atoms with E-state index in [0.29, 0.717) is 39.6 Å². The highest BCUT2D eigenvalue weighted by molar-refractivity contribution is 9.10. The molecule has 2 aromatic heterocycles. The Labute approximate surface area is 189 Å². The van der Waals surface area contributed by atoms with E-state index in [0.717, 1.165) is 29.4 Å². The first-order chi connectivity index (χ1) is 14.9. The van der Waals surface area contributed by atoms with Gasteiger partial charge in [0.05, 0.1) is 20.4 Å². The van der Waals surface area contributed by atoms with Gasteiger partial charge in [0.2, 0.25) is 5.95 Å². The van der Waals surface area contributed by atoms with Crippen molar-refractivity contribution in [3.05, 3.63) is 57.4 Å². The van der Waals surface area contributed by atoms with Crippen molar-refractivity contribution in [2.45, 2.75) is 31.8 Å². The summed E-state index contributed by atoms with van der Waals surface area (Å²) in [6.45, 7) is 2.34. The fourth-order valence-electron chi connectivity index (χ4n) is 4.20. The Kier molecular flexibility index (Phi) is 5.21. The number of amides is 1. The number of anilines is 1. The van der Waals surface area contributed by atoms with Gasteiger partial charge in [-0.15, -0.1) is 11.3 Å². The number of rotatable bonds is 5. The minimum Gasteiger partial charge on any atom is -0.352 e. The highest BCUT2D eigenvalue weighted by Crippen LogP contribution is 2.49. The fourth-order valence-corrected chi connectivity index (χ4v) is 5.31. The van der Waals surface area contributed by atoms with E-state index in [1.54, 1.807) is 19.3 Å². The lowest BCUT2D eigenvalue weighted by Gasteiger charge is -2.27. The van der Waals surface area contributed by atoms with Gasteiger partial charge >= 0.3 is 0 Å². The molecule has 1 N–H and O–H groups in total. The van der Waals surface area contributed by atoms with E-state index >= 15 is 0 Å². The Bertz CT molecular complexity index is 1160. The third-order valence-corrected chi connectivity index (χ3v) is 7.11. The zero-order chi connectivity index (χ0) is 21.7. The molecule has 1 aromatic carbocycles. The van der Waals surface area contributed by atoms with Crippen molar-refractivity contribution in [1.29, 1.82) is 0 Å². The van der Waals surface area contributed by atoms with Crippen molar-refractivity contribution >= 4 is 39.1 Å². The number of aromatic nitrogens is 3. The maximum absolute atomic E-state index is 13.8. The van der Waals surface area contributed by atoms with Gasteiger partial charge in [0.25, 0.3) is 5.91 Å². The van der Waals surface area contributed by atoms with Gasteiger partial charge in [-0.1, -0.05) is 6.07 Å². The lowest BCUT2D eigenvalue weighted by Crippen LogP contribution is -2.42. The molecule has 5 rings (SSSR count). The predicted octanol–water partition coefficient (Wildman–Crippen LogP) is 4.66. The molecule has 1 aliphatic heterocycles. The number of likely N-dealkylation sites (tertiary alicyclic amines) is 1. The summed E-state index contributed by atoms with van der Waals surface area (Å²) in [6.07, 6.45) is 5.22. The molecule has 1 saturated heterocycles. The third-order valence-electron chi connectivity index (χ3n) is 5.68. The van der Waals surface area contributed by atoms with Crippen molar-refractivity contribution in [3.63, 3.8) is 0 Å². The van der Waals surface area contributed by atoms with Crippen LogP contribution in [0.2, 0.25) is 0 Å². The molecule has 1 saturated carbocycles. The zero-order valence-corrected chi connectivity index (χ0v) is 18.9. The molecule has 1 amide bonds. The second-order valence-electron chi connectivity index (χ2n) is 7.81. The molecular weight excluding hydrogens is 488 g/mol. The van der Waals surface area contributed by atoms with E-state index in [-0.39, 0.29) is 18.0 Å². The molecule has 0 radical (unpaired) electrons. The van der Waals surface area contributed by atoms with Gasteiger partial charge in [-0.3, -0.25) is 4.79 Å². The normalized spacial score (nSPS) is 21.8. The number of aryl methyl sites for hydroxylation is 1. The highest BCUT2D eigenvalue weighted by Gasteiger charge is 2.54. The summed E-state index contributed by atoms with van der Waals surface area (Å²) in [7, 11) is 0. The molecule has 0 unspecified atom stereocenters. The van der Waals surface area contributed by atoms with Crippen LogP contribution in [0.5, 0.6) is 0 Å². The summed E-state index contributed by atoms with van der Waals surface area (Å²) in [6, 6.07) is 3.86. The number of carbonyl (C=O) groups is 1. The molecule has 6 nitrogen and oxygen atoms in total. The van der Waals surface area contributed by atoms with E-state index in [9.17, 15) is 13.6 Å². The molecule has 3 heterocycles. The topological polar surface area (TPSA) is 71.0 Å². The third kappa shape index (κ3) is 3.94. The van der Waals surface area contributed by atoms with Crippen LogP contribution in [-0.2, 0) is 0 Å². The molecule has 31 heavy (non-hydrogen) atoms. The molecular formula is C21H18BrF2N5OS. The molecule has 3 atom stereocenters. The van der Waals surface area contributed by atoms with Crippen LogP contribution in [0.4, 0.5) is 14.7 Å². The average Bonchev–Trinajstić information content (AvgIpc) is 3.24. The number of carbonyl (C=O) groups excluding carboxylic acids is 1. The Hall–Kier alpha value is -2.46. The van der Waals surface area contributed by atoms with Crippen LogP contribution in [0.3, 0.4) is 0 Å². The van der Waals surface area contributed by atoms with Gasteiger partial charge in [0, 0.05) is 25.0 Å². The van der Waals surface area contributed by atoms with Crippen LogP contribution in [0.25, 0.3) is 10.4 Å². The lowest BCUT2D eigenvalue weighted by molar-refractivity contribution is 0.0704. The number of hydrogen-bond acceptors (Lipinski definition) is 6. The number of benzene rings is 1. The van der Waals surface area contributed by atoms with Gasteiger partial charge in [-0.2, -0.15) is 0 Å². The standard InChI is InChI=1S/C21H18BrF2N5OS/c1-10-28-18(19(31-10)11-2-3-15(23)16(24)5-11)20(30)29-14(4-12-6-17(12)29)9-27-21-25-7-13(22)8-26-21/h2-3,5,7-8,12,14,17H,4,6,9H2,1H3,(H,25,26,27)/t12-,14+,17+/m1/s1. The van der Waals surface area contributed by atoms with Crippen LogP contribution in [0, 0.1) is 24.5 Å². The largest absolute Gasteiger partial charge is 0.352 e. The number of halogens is 3. The van der Waals surface area contributed by atoms with Crippen molar-refractivity contribution in [3.8, 4) is 10.4 Å². The van der Waals surface area contributed by atoms with Crippen LogP contribution in [0.1, 0.15) is 28.3 Å². The van der Waals surface area contributed by atoms with Crippen molar-refractivity contribution in [2.24, 2.45) is 5.92 Å². The molecule has 0 bridgehead atoms. The summed E-state index contributed by atoms with van der Waals surface area (Å²) in [5.74, 6) is -1.03. The maximum atomic E-state index is 13.8. The van der Waals surface area contributed by atoms with E-state index in [1.807, 2.05) is 4.90 Å². The monoisotopic (exact) mass is 505 g/mol. The summed E-state index contributed by atoms with van der Waals surface area (Å²) in [5.41, 5.74) is 0.753. The number of fused-ring (bicyclic) bond motifs is 1. The second kappa shape index (κ2) is 7.90. The maximum Gasteiger partial charge on any atom is 0.274 e. The summed E-state index contributed by atoms with van der Waals surface area (Å²) >= 11 is 4.62. The SMILES string of the molecule is Cc1nc(C(=O)N2[C@H](CNc3ncc(Br)cn3)C[C@@H]3C[C@@H]32)c(-c2ccc(F)c(F)c2)s1. The van der Waals surface area contributed by atoms with Gasteiger partial charge in [-0.05, 0) is 59.3 Å². The summed E-state index contributed by atoms with van der Waals surface area (Å²) in [5, 5.41) is 3.91. The second-order valence-corrected chi connectivity index (χ2v) is 9.93. The van der Waals surface area contributed by atoms with Gasteiger partial charge < -0.3 is 10.2 Å². The van der Waals surface area contributed by atoms with E-state index in [2.05, 4.69) is 36.2 Å². The van der Waals surface area contributed by atoms with Crippen LogP contribution in [0.15, 0.2) is 35.1 Å². The number of hydrogen-bond donors (Lipinski definition) is 1. The Morgan fingerprint density at radius 1 is 1.26 bits per heavy atom. The minimum atomic E-state index is -0.943. The molecule has 160 valence electrons. The Morgan fingerprint density at radius 3 is 2.77 bits per heavy atom. The predicted molar refractivity (Wildman–Crippen MR) is 117 cm³/mol. The fraction of sp³-hybridized carbons (Fsp3) is 0.333. The lowest BCUT2D eigenvalue weighted by atomic mass is 10.1. The Morgan fingerprint density at radius 2 is 2.03 bits per heavy atom. The van der Waals surface area contributed by atoms with Gasteiger partial charge in [0.15, 0.2) is 11.6 Å². The van der Waals surface area contributed by atoms with Crippen molar-refractivity contribution in [1.82, 2.24) is 19.9 Å². The average molecular weight is 506 g/mol. The van der Waals surface area contributed by atoms with E-state index in [1.165, 1.54) is 17.4 Å². The number of piperidine rings is 1. The zero-order valence-electron chi connectivity index (χ0n) is 16.5. The molecule has 2 aliphatic rings. The minimum absolute atomic E-state index is 0.0108. The first kappa shape index (κ1) is 20.4. The van der Waals surface area contributed by atoms with E-state index < -0.39 is 11.6 Å². The quantitative estimate of drug-likeness (QED) is 0.545. The van der Waals surface area contributed by atoms with Crippen LogP contribution >= 0.6 is 27.3 Å². The molecule has 10 heteroatoms. The highest BCUT2D eigenvalue weighted by atomic mass is 79.9. The van der Waals surface area contributed by atoms with Crippen LogP contribution in [-0.4, -0.2) is 44.4 Å². The summed E-state index contributed by atoms with van der Waals surface area (Å²) in [4.78, 5) is 28.9. The Balaban J connectivity index is 1.40. The molecule has 1 aliphatic carbocycles. The molecule has 0 spiro atoms. The van der Waals surface area contributed by atoms with Crippen molar-refractivity contribution in [2.75, 3.05) is 11.9 Å². The van der Waals surface area contributed by atoms with Crippen molar-refractivity contribution < 1.29 is 13.6 Å². The number of thiazole rings is 1. The first-order valence-corrected chi connectivity index (χ1v) is 11.5. The summed E-state index contributed by atoms with van der Waals surface area (Å²) < 4.78 is 28.0. The van der Waals surface area contributed by atoms with Gasteiger partial charge in [-0.25, -0.2) is 23.7 Å². The molecule has 2 fully saturated rings.